The quantitative estimate of drug-likeness (QED) is 0.750. The van der Waals surface area contributed by atoms with Crippen LogP contribution in [-0.4, -0.2) is 28.6 Å². The van der Waals surface area contributed by atoms with Crippen LogP contribution in [0.2, 0.25) is 0 Å². The fourth-order valence-electron chi connectivity index (χ4n) is 1.74. The molecule has 0 aliphatic heterocycles. The molecule has 0 aliphatic carbocycles. The maximum absolute atomic E-state index is 11.9. The summed E-state index contributed by atoms with van der Waals surface area (Å²) in [6, 6.07) is 7.24. The Labute approximate surface area is 99.7 Å². The second-order valence-electron chi connectivity index (χ2n) is 4.04. The number of carbonyl (C=O) groups is 1. The van der Waals surface area contributed by atoms with Crippen molar-refractivity contribution in [1.29, 1.82) is 0 Å². The first-order valence-corrected chi connectivity index (χ1v) is 5.73. The zero-order chi connectivity index (χ0) is 12.3. The highest BCUT2D eigenvalue weighted by Crippen LogP contribution is 2.14. The first-order valence-electron chi connectivity index (χ1n) is 5.73. The lowest BCUT2D eigenvalue weighted by molar-refractivity contribution is 0.0915. The standard InChI is InChI=1S/C13H16N2O2/c1-2-11(8-16)15-13(17)10-3-4-12-9(7-10)5-6-14-12/h3-7,11,14,16H,2,8H2,1H3,(H,15,17)/t11-/m0/s1. The predicted molar refractivity (Wildman–Crippen MR) is 66.9 cm³/mol. The van der Waals surface area contributed by atoms with Crippen LogP contribution in [0.4, 0.5) is 0 Å². The van der Waals surface area contributed by atoms with E-state index in [0.29, 0.717) is 12.0 Å². The van der Waals surface area contributed by atoms with Crippen LogP contribution in [0.15, 0.2) is 30.5 Å². The van der Waals surface area contributed by atoms with Crippen LogP contribution in [0.3, 0.4) is 0 Å². The minimum Gasteiger partial charge on any atom is -0.394 e. The van der Waals surface area contributed by atoms with E-state index in [1.54, 1.807) is 6.07 Å². The van der Waals surface area contributed by atoms with E-state index in [0.717, 1.165) is 10.9 Å². The van der Waals surface area contributed by atoms with Crippen LogP contribution >= 0.6 is 0 Å². The highest BCUT2D eigenvalue weighted by atomic mass is 16.3. The lowest BCUT2D eigenvalue weighted by Gasteiger charge is -2.13. The van der Waals surface area contributed by atoms with Crippen molar-refractivity contribution >= 4 is 16.8 Å². The number of aliphatic hydroxyl groups excluding tert-OH is 1. The number of benzene rings is 1. The molecule has 4 nitrogen and oxygen atoms in total. The van der Waals surface area contributed by atoms with Crippen molar-refractivity contribution in [2.45, 2.75) is 19.4 Å². The summed E-state index contributed by atoms with van der Waals surface area (Å²) in [4.78, 5) is 15.0. The van der Waals surface area contributed by atoms with Crippen molar-refractivity contribution in [3.05, 3.63) is 36.0 Å². The van der Waals surface area contributed by atoms with Gasteiger partial charge in [-0.15, -0.1) is 0 Å². The fraction of sp³-hybridized carbons (Fsp3) is 0.308. The van der Waals surface area contributed by atoms with Crippen LogP contribution in [0.1, 0.15) is 23.7 Å². The average molecular weight is 232 g/mol. The van der Waals surface area contributed by atoms with E-state index in [-0.39, 0.29) is 18.6 Å². The molecule has 0 radical (unpaired) electrons. The van der Waals surface area contributed by atoms with Gasteiger partial charge < -0.3 is 15.4 Å². The Balaban J connectivity index is 2.18. The average Bonchev–Trinajstić information content (AvgIpc) is 2.82. The van der Waals surface area contributed by atoms with Crippen LogP contribution in [0, 0.1) is 0 Å². The van der Waals surface area contributed by atoms with Crippen LogP contribution < -0.4 is 5.32 Å². The second-order valence-corrected chi connectivity index (χ2v) is 4.04. The van der Waals surface area contributed by atoms with E-state index >= 15 is 0 Å². The molecule has 0 spiro atoms. The van der Waals surface area contributed by atoms with Gasteiger partial charge in [-0.2, -0.15) is 0 Å². The van der Waals surface area contributed by atoms with E-state index in [4.69, 9.17) is 5.11 Å². The fourth-order valence-corrected chi connectivity index (χ4v) is 1.74. The van der Waals surface area contributed by atoms with E-state index in [9.17, 15) is 4.79 Å². The zero-order valence-electron chi connectivity index (χ0n) is 9.73. The molecule has 0 saturated carbocycles. The summed E-state index contributed by atoms with van der Waals surface area (Å²) >= 11 is 0. The maximum Gasteiger partial charge on any atom is 0.251 e. The molecule has 4 heteroatoms. The number of aromatic nitrogens is 1. The zero-order valence-corrected chi connectivity index (χ0v) is 9.73. The van der Waals surface area contributed by atoms with Crippen molar-refractivity contribution in [2.24, 2.45) is 0 Å². The summed E-state index contributed by atoms with van der Waals surface area (Å²) in [7, 11) is 0. The summed E-state index contributed by atoms with van der Waals surface area (Å²) in [6.07, 6.45) is 2.56. The number of H-pyrrole nitrogens is 1. The van der Waals surface area contributed by atoms with Crippen LogP contribution in [-0.2, 0) is 0 Å². The number of rotatable bonds is 4. The summed E-state index contributed by atoms with van der Waals surface area (Å²) in [5.74, 6) is -0.144. The first kappa shape index (κ1) is 11.7. The molecule has 1 amide bonds. The van der Waals surface area contributed by atoms with Gasteiger partial charge in [-0.05, 0) is 30.7 Å². The molecule has 3 N–H and O–H groups in total. The summed E-state index contributed by atoms with van der Waals surface area (Å²) in [5, 5.41) is 12.8. The van der Waals surface area contributed by atoms with Gasteiger partial charge in [0.1, 0.15) is 0 Å². The highest BCUT2D eigenvalue weighted by Gasteiger charge is 2.11. The highest BCUT2D eigenvalue weighted by molar-refractivity contribution is 5.98. The van der Waals surface area contributed by atoms with Gasteiger partial charge in [-0.1, -0.05) is 6.92 Å². The van der Waals surface area contributed by atoms with Gasteiger partial charge >= 0.3 is 0 Å². The molecule has 17 heavy (non-hydrogen) atoms. The molecule has 1 atom stereocenters. The summed E-state index contributed by atoms with van der Waals surface area (Å²) in [5.41, 5.74) is 1.62. The molecule has 0 bridgehead atoms. The third-order valence-corrected chi connectivity index (χ3v) is 2.86. The summed E-state index contributed by atoms with van der Waals surface area (Å²) in [6.45, 7) is 1.89. The molecule has 1 aromatic heterocycles. The van der Waals surface area contributed by atoms with Gasteiger partial charge in [0.15, 0.2) is 0 Å². The Morgan fingerprint density at radius 2 is 2.29 bits per heavy atom. The topological polar surface area (TPSA) is 65.1 Å². The number of nitrogens with one attached hydrogen (secondary N) is 2. The lowest BCUT2D eigenvalue weighted by atomic mass is 10.1. The molecule has 0 fully saturated rings. The van der Waals surface area contributed by atoms with Gasteiger partial charge in [-0.3, -0.25) is 4.79 Å². The van der Waals surface area contributed by atoms with Gasteiger partial charge in [0.25, 0.3) is 5.91 Å². The molecule has 0 unspecified atom stereocenters. The third-order valence-electron chi connectivity index (χ3n) is 2.86. The Kier molecular flexibility index (Phi) is 3.44. The van der Waals surface area contributed by atoms with Crippen molar-refractivity contribution < 1.29 is 9.90 Å². The number of fused-ring (bicyclic) bond motifs is 1. The first-order chi connectivity index (χ1) is 8.24. The molecule has 2 aromatic rings. The number of aliphatic hydroxyl groups is 1. The third kappa shape index (κ3) is 2.47. The smallest absolute Gasteiger partial charge is 0.251 e. The predicted octanol–water partition coefficient (Wildman–Crippen LogP) is 1.67. The SMILES string of the molecule is CC[C@@H](CO)NC(=O)c1ccc2[nH]ccc2c1. The van der Waals surface area contributed by atoms with Crippen LogP contribution in [0.25, 0.3) is 10.9 Å². The van der Waals surface area contributed by atoms with E-state index < -0.39 is 0 Å². The minimum atomic E-state index is -0.176. The number of hydrogen-bond donors (Lipinski definition) is 3. The Bertz CT molecular complexity index is 515. The van der Waals surface area contributed by atoms with Crippen LogP contribution in [0.5, 0.6) is 0 Å². The minimum absolute atomic E-state index is 0.0331. The molecule has 0 saturated heterocycles. The molecule has 1 aromatic carbocycles. The summed E-state index contributed by atoms with van der Waals surface area (Å²) < 4.78 is 0. The van der Waals surface area contributed by atoms with Crippen molar-refractivity contribution in [3.63, 3.8) is 0 Å². The Morgan fingerprint density at radius 1 is 1.47 bits per heavy atom. The number of carbonyl (C=O) groups excluding carboxylic acids is 1. The Morgan fingerprint density at radius 3 is 3.00 bits per heavy atom. The number of aromatic amines is 1. The normalized spacial score (nSPS) is 12.6. The Hall–Kier alpha value is -1.81. The molecule has 90 valence electrons. The van der Waals surface area contributed by atoms with Crippen molar-refractivity contribution in [1.82, 2.24) is 10.3 Å². The largest absolute Gasteiger partial charge is 0.394 e. The lowest BCUT2D eigenvalue weighted by Crippen LogP contribution is -2.36. The number of amides is 1. The van der Waals surface area contributed by atoms with E-state index in [1.165, 1.54) is 0 Å². The van der Waals surface area contributed by atoms with E-state index in [1.807, 2.05) is 31.3 Å². The van der Waals surface area contributed by atoms with Crippen molar-refractivity contribution in [2.75, 3.05) is 6.61 Å². The molecule has 1 heterocycles. The molecular weight excluding hydrogens is 216 g/mol. The number of hydrogen-bond acceptors (Lipinski definition) is 2. The second kappa shape index (κ2) is 5.01. The molecular formula is C13H16N2O2. The van der Waals surface area contributed by atoms with Gasteiger partial charge in [-0.25, -0.2) is 0 Å². The van der Waals surface area contributed by atoms with Gasteiger partial charge in [0, 0.05) is 22.7 Å². The van der Waals surface area contributed by atoms with Gasteiger partial charge in [0.2, 0.25) is 0 Å². The monoisotopic (exact) mass is 232 g/mol. The molecule has 0 aliphatic rings. The van der Waals surface area contributed by atoms with Gasteiger partial charge in [0.05, 0.1) is 12.6 Å². The van der Waals surface area contributed by atoms with E-state index in [2.05, 4.69) is 10.3 Å². The maximum atomic E-state index is 11.9. The van der Waals surface area contributed by atoms with Crippen molar-refractivity contribution in [3.8, 4) is 0 Å². The molecule has 2 rings (SSSR count).